The van der Waals surface area contributed by atoms with Crippen LogP contribution in [0.4, 0.5) is 0 Å². The molecule has 0 bridgehead atoms. The summed E-state index contributed by atoms with van der Waals surface area (Å²) in [5, 5.41) is 7.95. The maximum Gasteiger partial charge on any atom is 0.338 e. The van der Waals surface area contributed by atoms with Crippen LogP contribution in [0.1, 0.15) is 64.4 Å². The molecule has 2 aliphatic heterocycles. The van der Waals surface area contributed by atoms with Crippen molar-refractivity contribution in [2.24, 2.45) is 11.3 Å². The number of benzene rings is 1. The van der Waals surface area contributed by atoms with E-state index in [-0.39, 0.29) is 29.8 Å². The maximum absolute atomic E-state index is 13.0. The van der Waals surface area contributed by atoms with E-state index in [1.54, 1.807) is 19.2 Å². The lowest BCUT2D eigenvalue weighted by Crippen LogP contribution is -2.41. The largest absolute Gasteiger partial charge is 0.496 e. The molecule has 8 nitrogen and oxygen atoms in total. The van der Waals surface area contributed by atoms with Gasteiger partial charge in [0.15, 0.2) is 0 Å². The number of fused-ring (bicyclic) bond motifs is 1. The molecule has 1 saturated heterocycles. The summed E-state index contributed by atoms with van der Waals surface area (Å²) in [5.74, 6) is 0.282. The molecule has 8 heteroatoms. The molecular formula is C26H35N3O5. The lowest BCUT2D eigenvalue weighted by atomic mass is 9.76. The van der Waals surface area contributed by atoms with Crippen molar-refractivity contribution < 1.29 is 23.8 Å². The second-order valence-electron chi connectivity index (χ2n) is 9.66. The topological polar surface area (TPSA) is 91.7 Å². The third kappa shape index (κ3) is 4.97. The maximum atomic E-state index is 13.0. The van der Waals surface area contributed by atoms with E-state index in [4.69, 9.17) is 19.3 Å². The van der Waals surface area contributed by atoms with E-state index < -0.39 is 0 Å². The number of carbonyl (C=O) groups excluding carboxylic acids is 2. The van der Waals surface area contributed by atoms with Crippen molar-refractivity contribution in [3.05, 3.63) is 46.3 Å². The van der Waals surface area contributed by atoms with Crippen LogP contribution in [0.3, 0.4) is 0 Å². The number of ether oxygens (including phenoxy) is 3. The fourth-order valence-electron chi connectivity index (χ4n) is 4.92. The number of hydrogen-bond acceptors (Lipinski definition) is 6. The summed E-state index contributed by atoms with van der Waals surface area (Å²) >= 11 is 0. The number of esters is 1. The van der Waals surface area contributed by atoms with Crippen molar-refractivity contribution in [2.45, 2.75) is 53.0 Å². The quantitative estimate of drug-likeness (QED) is 0.626. The van der Waals surface area contributed by atoms with Crippen molar-refractivity contribution in [3.63, 3.8) is 0 Å². The molecular weight excluding hydrogens is 434 g/mol. The first-order valence-corrected chi connectivity index (χ1v) is 12.1. The second-order valence-corrected chi connectivity index (χ2v) is 9.66. The Morgan fingerprint density at radius 2 is 2.09 bits per heavy atom. The molecule has 1 spiro atoms. The van der Waals surface area contributed by atoms with E-state index in [2.05, 4.69) is 5.32 Å². The van der Waals surface area contributed by atoms with Crippen LogP contribution < -0.4 is 10.1 Å². The van der Waals surface area contributed by atoms with Gasteiger partial charge in [-0.05, 0) is 55.7 Å². The van der Waals surface area contributed by atoms with Crippen molar-refractivity contribution in [1.29, 1.82) is 0 Å². The summed E-state index contributed by atoms with van der Waals surface area (Å²) in [6.45, 7) is 8.92. The zero-order chi connectivity index (χ0) is 24.3. The standard InChI is InChI=1S/C26H35N3O5/c1-5-20-23-21(13-26(16-27-24(23)30)8-10-33-11-9-26)29(28-20)14-17(2)15-34-25(31)19-7-6-18(3)22(12-19)32-4/h6-7,12,17H,5,8-11,13-16H2,1-4H3,(H,27,30)/t17-/m1/s1. The minimum absolute atomic E-state index is 0.00214. The highest BCUT2D eigenvalue weighted by Crippen LogP contribution is 2.37. The first-order valence-electron chi connectivity index (χ1n) is 12.1. The van der Waals surface area contributed by atoms with Gasteiger partial charge in [-0.3, -0.25) is 9.48 Å². The molecule has 0 saturated carbocycles. The number of carbonyl (C=O) groups is 2. The summed E-state index contributed by atoms with van der Waals surface area (Å²) in [6, 6.07) is 5.30. The van der Waals surface area contributed by atoms with Gasteiger partial charge in [0.05, 0.1) is 36.2 Å². The molecule has 0 unspecified atom stereocenters. The van der Waals surface area contributed by atoms with Gasteiger partial charge in [-0.1, -0.05) is 19.9 Å². The molecule has 3 heterocycles. The predicted molar refractivity (Wildman–Crippen MR) is 127 cm³/mol. The fourth-order valence-corrected chi connectivity index (χ4v) is 4.92. The van der Waals surface area contributed by atoms with E-state index in [0.717, 1.165) is 55.0 Å². The Hall–Kier alpha value is -2.87. The molecule has 1 aromatic heterocycles. The van der Waals surface area contributed by atoms with Gasteiger partial charge in [0.25, 0.3) is 5.91 Å². The molecule has 1 N–H and O–H groups in total. The second kappa shape index (κ2) is 10.2. The summed E-state index contributed by atoms with van der Waals surface area (Å²) < 4.78 is 18.5. The fraction of sp³-hybridized carbons (Fsp3) is 0.577. The number of aromatic nitrogens is 2. The average molecular weight is 470 g/mol. The molecule has 1 fully saturated rings. The van der Waals surface area contributed by atoms with Crippen molar-refractivity contribution in [2.75, 3.05) is 33.5 Å². The number of amides is 1. The molecule has 0 aliphatic carbocycles. The lowest BCUT2D eigenvalue weighted by Gasteiger charge is -2.36. The van der Waals surface area contributed by atoms with Crippen LogP contribution in [0.25, 0.3) is 0 Å². The smallest absolute Gasteiger partial charge is 0.338 e. The van der Waals surface area contributed by atoms with Gasteiger partial charge in [-0.15, -0.1) is 0 Å². The predicted octanol–water partition coefficient (Wildman–Crippen LogP) is 3.34. The average Bonchev–Trinajstić information content (AvgIpc) is 3.11. The first-order chi connectivity index (χ1) is 16.4. The van der Waals surface area contributed by atoms with Gasteiger partial charge in [0, 0.05) is 32.2 Å². The Balaban J connectivity index is 1.48. The van der Waals surface area contributed by atoms with Crippen LogP contribution >= 0.6 is 0 Å². The molecule has 2 aromatic rings. The SMILES string of the molecule is CCc1nn(C[C@@H](C)COC(=O)c2ccc(C)c(OC)c2)c2c1C(=O)NCC1(CCOCC1)C2. The number of nitrogens with one attached hydrogen (secondary N) is 1. The van der Waals surface area contributed by atoms with Gasteiger partial charge in [0.2, 0.25) is 0 Å². The molecule has 1 amide bonds. The molecule has 184 valence electrons. The van der Waals surface area contributed by atoms with Crippen LogP contribution in [0.5, 0.6) is 5.75 Å². The van der Waals surface area contributed by atoms with Gasteiger partial charge in [0.1, 0.15) is 5.75 Å². The number of methoxy groups -OCH3 is 1. The van der Waals surface area contributed by atoms with E-state index >= 15 is 0 Å². The highest BCUT2D eigenvalue weighted by molar-refractivity contribution is 5.97. The van der Waals surface area contributed by atoms with E-state index in [9.17, 15) is 9.59 Å². The van der Waals surface area contributed by atoms with Crippen LogP contribution in [-0.2, 0) is 28.9 Å². The third-order valence-electron chi connectivity index (χ3n) is 7.04. The molecule has 2 aliphatic rings. The molecule has 1 aromatic carbocycles. The zero-order valence-electron chi connectivity index (χ0n) is 20.6. The van der Waals surface area contributed by atoms with E-state index in [1.165, 1.54) is 0 Å². The van der Waals surface area contributed by atoms with Crippen LogP contribution in [-0.4, -0.2) is 55.1 Å². The normalized spacial score (nSPS) is 18.1. The van der Waals surface area contributed by atoms with Gasteiger partial charge < -0.3 is 19.5 Å². The Bertz CT molecular complexity index is 1050. The lowest BCUT2D eigenvalue weighted by molar-refractivity contribution is 0.0151. The Morgan fingerprint density at radius 3 is 2.79 bits per heavy atom. The highest BCUT2D eigenvalue weighted by atomic mass is 16.5. The molecule has 4 rings (SSSR count). The molecule has 34 heavy (non-hydrogen) atoms. The van der Waals surface area contributed by atoms with E-state index in [1.807, 2.05) is 31.5 Å². The zero-order valence-corrected chi connectivity index (χ0v) is 20.6. The number of nitrogens with zero attached hydrogens (tertiary/aromatic N) is 2. The van der Waals surface area contributed by atoms with Crippen molar-refractivity contribution >= 4 is 11.9 Å². The Labute approximate surface area is 201 Å². The third-order valence-corrected chi connectivity index (χ3v) is 7.04. The Morgan fingerprint density at radius 1 is 1.32 bits per heavy atom. The monoisotopic (exact) mass is 469 g/mol. The van der Waals surface area contributed by atoms with Gasteiger partial charge >= 0.3 is 5.97 Å². The number of rotatable bonds is 7. The summed E-state index contributed by atoms with van der Waals surface area (Å²) in [5.41, 5.74) is 3.98. The minimum atomic E-state index is -0.376. The van der Waals surface area contributed by atoms with Crippen LogP contribution in [0, 0.1) is 18.3 Å². The summed E-state index contributed by atoms with van der Waals surface area (Å²) in [4.78, 5) is 25.6. The highest BCUT2D eigenvalue weighted by Gasteiger charge is 2.39. The van der Waals surface area contributed by atoms with Gasteiger partial charge in [-0.25, -0.2) is 4.79 Å². The molecule has 1 atom stereocenters. The van der Waals surface area contributed by atoms with Gasteiger partial charge in [-0.2, -0.15) is 5.10 Å². The Kier molecular flexibility index (Phi) is 7.26. The van der Waals surface area contributed by atoms with Crippen LogP contribution in [0.15, 0.2) is 18.2 Å². The van der Waals surface area contributed by atoms with E-state index in [0.29, 0.717) is 30.8 Å². The summed E-state index contributed by atoms with van der Waals surface area (Å²) in [6.07, 6.45) is 3.34. The van der Waals surface area contributed by atoms with Crippen molar-refractivity contribution in [3.8, 4) is 5.75 Å². The summed E-state index contributed by atoms with van der Waals surface area (Å²) in [7, 11) is 1.59. The number of aryl methyl sites for hydroxylation is 2. The molecule has 0 radical (unpaired) electrons. The minimum Gasteiger partial charge on any atom is -0.496 e. The van der Waals surface area contributed by atoms with Crippen molar-refractivity contribution in [1.82, 2.24) is 15.1 Å². The van der Waals surface area contributed by atoms with Crippen LogP contribution in [0.2, 0.25) is 0 Å². The number of hydrogen-bond donors (Lipinski definition) is 1. The first kappa shape index (κ1) is 24.3.